The standard InChI is InChI=1S/2C11H8N.2CH4O.Ir/c2*1-2-6-10(7-3-1)11-8-4-5-9-12-11;2*1-2;/h2*1-6,8-9H;2*2H,1H3;/q2*-1;;;. The molecule has 0 aliphatic rings. The maximum atomic E-state index is 7.00. The zero-order valence-electron chi connectivity index (χ0n) is 16.4. The summed E-state index contributed by atoms with van der Waals surface area (Å²) in [6.07, 6.45) is 3.58. The first-order valence-electron chi connectivity index (χ1n) is 8.59. The van der Waals surface area contributed by atoms with Gasteiger partial charge in [0, 0.05) is 46.7 Å². The predicted molar refractivity (Wildman–Crippen MR) is 113 cm³/mol. The summed E-state index contributed by atoms with van der Waals surface area (Å²) in [7, 11) is 2.00. The topological polar surface area (TPSA) is 66.2 Å². The molecule has 1 radical (unpaired) electrons. The van der Waals surface area contributed by atoms with E-state index in [0.717, 1.165) is 36.7 Å². The molecular formula is C24H24IrN2O2-2. The summed E-state index contributed by atoms with van der Waals surface area (Å²) >= 11 is 0. The van der Waals surface area contributed by atoms with Gasteiger partial charge in [0.2, 0.25) is 0 Å². The van der Waals surface area contributed by atoms with Crippen LogP contribution < -0.4 is 0 Å². The molecule has 0 atom stereocenters. The average molecular weight is 565 g/mol. The molecule has 0 spiro atoms. The van der Waals surface area contributed by atoms with E-state index in [1.165, 1.54) is 0 Å². The van der Waals surface area contributed by atoms with Crippen LogP contribution in [0.25, 0.3) is 22.5 Å². The summed E-state index contributed by atoms with van der Waals surface area (Å²) in [4.78, 5) is 8.44. The molecule has 0 saturated heterocycles. The van der Waals surface area contributed by atoms with Gasteiger partial charge in [0.1, 0.15) is 0 Å². The maximum absolute atomic E-state index is 7.00. The quantitative estimate of drug-likeness (QED) is 0.356. The third kappa shape index (κ3) is 9.88. The van der Waals surface area contributed by atoms with Gasteiger partial charge >= 0.3 is 0 Å². The summed E-state index contributed by atoms with van der Waals surface area (Å²) < 4.78 is 0. The van der Waals surface area contributed by atoms with Crippen LogP contribution in [0.2, 0.25) is 0 Å². The third-order valence-corrected chi connectivity index (χ3v) is 3.30. The molecule has 2 aromatic carbocycles. The Labute approximate surface area is 186 Å². The molecule has 2 aromatic heterocycles. The van der Waals surface area contributed by atoms with E-state index in [9.17, 15) is 0 Å². The van der Waals surface area contributed by atoms with E-state index in [2.05, 4.69) is 22.1 Å². The first kappa shape index (κ1) is 26.3. The molecule has 0 saturated carbocycles. The van der Waals surface area contributed by atoms with Crippen molar-refractivity contribution in [2.24, 2.45) is 0 Å². The Hall–Kier alpha value is -2.69. The van der Waals surface area contributed by atoms with Gasteiger partial charge in [-0.25, -0.2) is 0 Å². The van der Waals surface area contributed by atoms with Crippen LogP contribution in [-0.4, -0.2) is 34.4 Å². The van der Waals surface area contributed by atoms with Crippen molar-refractivity contribution >= 4 is 0 Å². The number of benzene rings is 2. The van der Waals surface area contributed by atoms with E-state index in [1.54, 1.807) is 12.4 Å². The summed E-state index contributed by atoms with van der Waals surface area (Å²) in [6, 6.07) is 33.6. The molecule has 0 fully saturated rings. The first-order chi connectivity index (χ1) is 13.9. The van der Waals surface area contributed by atoms with Crippen LogP contribution in [0.3, 0.4) is 0 Å². The van der Waals surface area contributed by atoms with E-state index < -0.39 is 0 Å². The van der Waals surface area contributed by atoms with Crippen molar-refractivity contribution in [3.63, 3.8) is 0 Å². The third-order valence-electron chi connectivity index (χ3n) is 3.30. The molecule has 0 aliphatic carbocycles. The number of hydrogen-bond acceptors (Lipinski definition) is 4. The van der Waals surface area contributed by atoms with E-state index in [-0.39, 0.29) is 20.1 Å². The monoisotopic (exact) mass is 565 g/mol. The van der Waals surface area contributed by atoms with Crippen LogP contribution in [0, 0.1) is 12.1 Å². The Balaban J connectivity index is 0.000000449. The van der Waals surface area contributed by atoms with Gasteiger partial charge in [0.15, 0.2) is 0 Å². The molecule has 2 heterocycles. The SMILES string of the molecule is CO.CO.[Ir].[c-]1ccccc1-c1ccccn1.[c-]1ccccc1-c1ccccn1. The number of hydrogen-bond donors (Lipinski definition) is 2. The number of pyridine rings is 2. The van der Waals surface area contributed by atoms with Crippen molar-refractivity contribution in [1.82, 2.24) is 9.97 Å². The maximum Gasteiger partial charge on any atom is 0.0319 e. The van der Waals surface area contributed by atoms with Gasteiger partial charge in [-0.3, -0.25) is 0 Å². The predicted octanol–water partition coefficient (Wildman–Crippen LogP) is 4.31. The van der Waals surface area contributed by atoms with Crippen LogP contribution >= 0.6 is 0 Å². The molecule has 4 rings (SSSR count). The Morgan fingerprint density at radius 1 is 0.552 bits per heavy atom. The van der Waals surface area contributed by atoms with E-state index in [1.807, 2.05) is 84.9 Å². The van der Waals surface area contributed by atoms with Crippen molar-refractivity contribution in [2.45, 2.75) is 0 Å². The number of aromatic nitrogens is 2. The normalized spacial score (nSPS) is 8.41. The second-order valence-electron chi connectivity index (χ2n) is 4.98. The van der Waals surface area contributed by atoms with Crippen molar-refractivity contribution in [3.05, 3.63) is 109 Å². The minimum Gasteiger partial charge on any atom is -0.400 e. The van der Waals surface area contributed by atoms with Gasteiger partial charge in [-0.2, -0.15) is 0 Å². The van der Waals surface area contributed by atoms with Gasteiger partial charge in [-0.05, 0) is 23.5 Å². The van der Waals surface area contributed by atoms with Crippen LogP contribution in [0.4, 0.5) is 0 Å². The molecule has 0 aliphatic heterocycles. The zero-order chi connectivity index (χ0) is 20.5. The summed E-state index contributed by atoms with van der Waals surface area (Å²) in [5, 5.41) is 14.0. The van der Waals surface area contributed by atoms with Gasteiger partial charge in [0.25, 0.3) is 0 Å². The molecule has 0 bridgehead atoms. The Morgan fingerprint density at radius 3 is 1.21 bits per heavy atom. The molecule has 29 heavy (non-hydrogen) atoms. The van der Waals surface area contributed by atoms with Crippen molar-refractivity contribution in [2.75, 3.05) is 14.2 Å². The van der Waals surface area contributed by atoms with Crippen LogP contribution in [0.1, 0.15) is 0 Å². The van der Waals surface area contributed by atoms with Crippen LogP contribution in [0.15, 0.2) is 97.3 Å². The van der Waals surface area contributed by atoms with Crippen LogP contribution in [-0.2, 0) is 20.1 Å². The van der Waals surface area contributed by atoms with Crippen molar-refractivity contribution < 1.29 is 30.3 Å². The van der Waals surface area contributed by atoms with E-state index in [0.29, 0.717) is 0 Å². The molecule has 0 amide bonds. The molecule has 153 valence electrons. The Kier molecular flexibility index (Phi) is 15.8. The number of aliphatic hydroxyl groups is 2. The first-order valence-corrected chi connectivity index (χ1v) is 8.59. The molecule has 0 unspecified atom stereocenters. The number of nitrogens with zero attached hydrogens (tertiary/aromatic N) is 2. The molecule has 2 N–H and O–H groups in total. The van der Waals surface area contributed by atoms with Gasteiger partial charge in [-0.1, -0.05) is 24.3 Å². The fourth-order valence-corrected chi connectivity index (χ4v) is 2.15. The summed E-state index contributed by atoms with van der Waals surface area (Å²) in [5.74, 6) is 0. The van der Waals surface area contributed by atoms with Crippen molar-refractivity contribution in [3.8, 4) is 22.5 Å². The molecular weight excluding hydrogens is 540 g/mol. The van der Waals surface area contributed by atoms with Crippen LogP contribution in [0.5, 0.6) is 0 Å². The van der Waals surface area contributed by atoms with Gasteiger partial charge < -0.3 is 20.2 Å². The number of aliphatic hydroxyl groups excluding tert-OH is 2. The second kappa shape index (κ2) is 17.4. The largest absolute Gasteiger partial charge is 0.400 e. The minimum absolute atomic E-state index is 0. The molecule has 5 heteroatoms. The van der Waals surface area contributed by atoms with E-state index >= 15 is 0 Å². The second-order valence-corrected chi connectivity index (χ2v) is 4.98. The van der Waals surface area contributed by atoms with E-state index in [4.69, 9.17) is 10.2 Å². The minimum atomic E-state index is 0. The summed E-state index contributed by atoms with van der Waals surface area (Å²) in [5.41, 5.74) is 4.02. The fraction of sp³-hybridized carbons (Fsp3) is 0.0833. The molecule has 4 nitrogen and oxygen atoms in total. The van der Waals surface area contributed by atoms with Gasteiger partial charge in [-0.15, -0.1) is 71.8 Å². The van der Waals surface area contributed by atoms with Crippen molar-refractivity contribution in [1.29, 1.82) is 0 Å². The number of rotatable bonds is 2. The zero-order valence-corrected chi connectivity index (χ0v) is 18.8. The smallest absolute Gasteiger partial charge is 0.0319 e. The fourth-order valence-electron chi connectivity index (χ4n) is 2.15. The summed E-state index contributed by atoms with van der Waals surface area (Å²) in [6.45, 7) is 0. The average Bonchev–Trinajstić information content (AvgIpc) is 2.84. The Morgan fingerprint density at radius 2 is 0.931 bits per heavy atom. The van der Waals surface area contributed by atoms with Gasteiger partial charge in [0.05, 0.1) is 0 Å². The Bertz CT molecular complexity index is 697. The molecule has 4 aromatic rings.